The monoisotopic (exact) mass is 326 g/mol. The van der Waals surface area contributed by atoms with Crippen LogP contribution in [0.1, 0.15) is 24.1 Å². The number of hydrogen-bond acceptors (Lipinski definition) is 4. The predicted molar refractivity (Wildman–Crippen MR) is 82.5 cm³/mol. The van der Waals surface area contributed by atoms with Gasteiger partial charge in [-0.05, 0) is 25.0 Å². The number of piperidine rings is 1. The van der Waals surface area contributed by atoms with E-state index in [1.54, 1.807) is 12.1 Å². The number of hydrogen-bond donors (Lipinski definition) is 1. The molecule has 2 heterocycles. The number of terminal acetylenes is 1. The molecule has 0 saturated carbocycles. The summed E-state index contributed by atoms with van der Waals surface area (Å²) in [7, 11) is -3.41. The molecule has 21 heavy (non-hydrogen) atoms. The lowest BCUT2D eigenvalue weighted by Gasteiger charge is -2.25. The van der Waals surface area contributed by atoms with Gasteiger partial charge in [-0.2, -0.15) is 4.31 Å². The molecule has 1 aliphatic rings. The van der Waals surface area contributed by atoms with E-state index < -0.39 is 10.0 Å². The number of sulfonamides is 1. The van der Waals surface area contributed by atoms with Crippen LogP contribution in [0.5, 0.6) is 0 Å². The summed E-state index contributed by atoms with van der Waals surface area (Å²) < 4.78 is 26.8. The second-order valence-corrected chi connectivity index (χ2v) is 8.18. The molecule has 0 spiro atoms. The molecule has 1 amide bonds. The third-order valence-electron chi connectivity index (χ3n) is 3.27. The van der Waals surface area contributed by atoms with Crippen molar-refractivity contribution >= 4 is 27.3 Å². The molecule has 0 aliphatic carbocycles. The van der Waals surface area contributed by atoms with Crippen LogP contribution >= 0.6 is 11.3 Å². The van der Waals surface area contributed by atoms with Crippen molar-refractivity contribution in [2.24, 2.45) is 0 Å². The van der Waals surface area contributed by atoms with Gasteiger partial charge in [0.2, 0.25) is 5.91 Å². The van der Waals surface area contributed by atoms with Gasteiger partial charge in [-0.3, -0.25) is 4.79 Å². The maximum atomic E-state index is 12.5. The molecule has 7 heteroatoms. The Kier molecular flexibility index (Phi) is 5.39. The number of carbonyl (C=O) groups is 1. The van der Waals surface area contributed by atoms with E-state index in [0.29, 0.717) is 17.3 Å². The summed E-state index contributed by atoms with van der Waals surface area (Å²) in [4.78, 5) is 12.3. The average molecular weight is 326 g/mol. The highest BCUT2D eigenvalue weighted by atomic mass is 32.2. The topological polar surface area (TPSA) is 66.5 Å². The zero-order chi connectivity index (χ0) is 15.3. The molecule has 1 saturated heterocycles. The highest BCUT2D eigenvalue weighted by molar-refractivity contribution is 7.91. The molecule has 0 radical (unpaired) electrons. The summed E-state index contributed by atoms with van der Waals surface area (Å²) in [5.41, 5.74) is 0. The lowest BCUT2D eigenvalue weighted by Crippen LogP contribution is -2.35. The lowest BCUT2D eigenvalue weighted by atomic mass is 10.2. The van der Waals surface area contributed by atoms with E-state index in [1.807, 2.05) is 0 Å². The van der Waals surface area contributed by atoms with Gasteiger partial charge < -0.3 is 5.32 Å². The van der Waals surface area contributed by atoms with Crippen molar-refractivity contribution in [2.75, 3.05) is 19.6 Å². The Labute approximate surface area is 129 Å². The molecular weight excluding hydrogens is 308 g/mol. The fourth-order valence-electron chi connectivity index (χ4n) is 2.19. The SMILES string of the molecule is C#CCNC(=O)Cc1ccc(S(=O)(=O)N2CCCCC2)s1. The number of rotatable bonds is 5. The average Bonchev–Trinajstić information content (AvgIpc) is 2.95. The maximum Gasteiger partial charge on any atom is 0.252 e. The van der Waals surface area contributed by atoms with Crippen molar-refractivity contribution in [3.8, 4) is 12.3 Å². The van der Waals surface area contributed by atoms with E-state index in [4.69, 9.17) is 6.42 Å². The normalized spacial score (nSPS) is 16.3. The van der Waals surface area contributed by atoms with Gasteiger partial charge in [0.05, 0.1) is 13.0 Å². The highest BCUT2D eigenvalue weighted by Gasteiger charge is 2.27. The molecule has 1 aromatic rings. The second kappa shape index (κ2) is 7.07. The van der Waals surface area contributed by atoms with Crippen LogP contribution in [0.3, 0.4) is 0 Å². The van der Waals surface area contributed by atoms with Gasteiger partial charge in [-0.15, -0.1) is 17.8 Å². The largest absolute Gasteiger partial charge is 0.345 e. The van der Waals surface area contributed by atoms with Gasteiger partial charge in [0.1, 0.15) is 4.21 Å². The molecule has 0 unspecified atom stereocenters. The van der Waals surface area contributed by atoms with Crippen molar-refractivity contribution < 1.29 is 13.2 Å². The Morgan fingerprint density at radius 3 is 2.71 bits per heavy atom. The minimum absolute atomic E-state index is 0.155. The minimum Gasteiger partial charge on any atom is -0.345 e. The van der Waals surface area contributed by atoms with Gasteiger partial charge in [0.25, 0.3) is 10.0 Å². The maximum absolute atomic E-state index is 12.5. The van der Waals surface area contributed by atoms with Gasteiger partial charge in [-0.25, -0.2) is 8.42 Å². The molecule has 2 rings (SSSR count). The van der Waals surface area contributed by atoms with Gasteiger partial charge in [0, 0.05) is 18.0 Å². The zero-order valence-corrected chi connectivity index (χ0v) is 13.3. The minimum atomic E-state index is -3.41. The summed E-state index contributed by atoms with van der Waals surface area (Å²) >= 11 is 1.15. The Balaban J connectivity index is 2.05. The quantitative estimate of drug-likeness (QED) is 0.827. The first-order valence-electron chi connectivity index (χ1n) is 6.83. The third-order valence-corrected chi connectivity index (χ3v) is 6.72. The standard InChI is InChI=1S/C14H18N2O3S2/c1-2-8-15-13(17)11-12-6-7-14(20-12)21(18,19)16-9-4-3-5-10-16/h1,6-7H,3-5,8-11H2,(H,15,17). The van der Waals surface area contributed by atoms with Crippen LogP contribution in [0, 0.1) is 12.3 Å². The number of amides is 1. The molecule has 1 aromatic heterocycles. The van der Waals surface area contributed by atoms with E-state index in [1.165, 1.54) is 4.31 Å². The first-order chi connectivity index (χ1) is 10.0. The number of nitrogens with zero attached hydrogens (tertiary/aromatic N) is 1. The van der Waals surface area contributed by atoms with Crippen molar-refractivity contribution in [1.29, 1.82) is 0 Å². The van der Waals surface area contributed by atoms with Gasteiger partial charge in [-0.1, -0.05) is 12.3 Å². The second-order valence-electron chi connectivity index (χ2n) is 4.84. The molecular formula is C14H18N2O3S2. The van der Waals surface area contributed by atoms with Gasteiger partial charge >= 0.3 is 0 Å². The van der Waals surface area contributed by atoms with Crippen LogP contribution in [0.25, 0.3) is 0 Å². The lowest BCUT2D eigenvalue weighted by molar-refractivity contribution is -0.120. The van der Waals surface area contributed by atoms with Crippen LogP contribution in [-0.2, 0) is 21.2 Å². The highest BCUT2D eigenvalue weighted by Crippen LogP contribution is 2.27. The molecule has 114 valence electrons. The summed E-state index contributed by atoms with van der Waals surface area (Å²) in [5, 5.41) is 2.56. The first-order valence-corrected chi connectivity index (χ1v) is 9.08. The van der Waals surface area contributed by atoms with Crippen LogP contribution in [0.15, 0.2) is 16.3 Å². The third kappa shape index (κ3) is 4.06. The Morgan fingerprint density at radius 2 is 2.05 bits per heavy atom. The first kappa shape index (κ1) is 16.0. The molecule has 0 atom stereocenters. The smallest absolute Gasteiger partial charge is 0.252 e. The Morgan fingerprint density at radius 1 is 1.33 bits per heavy atom. The van der Waals surface area contributed by atoms with E-state index in [2.05, 4.69) is 11.2 Å². The Bertz CT molecular complexity index is 637. The molecule has 5 nitrogen and oxygen atoms in total. The summed E-state index contributed by atoms with van der Waals surface area (Å²) in [6, 6.07) is 3.27. The molecule has 1 N–H and O–H groups in total. The summed E-state index contributed by atoms with van der Waals surface area (Å²) in [5.74, 6) is 2.13. The van der Waals surface area contributed by atoms with Crippen LogP contribution < -0.4 is 5.32 Å². The van der Waals surface area contributed by atoms with Crippen molar-refractivity contribution in [3.63, 3.8) is 0 Å². The Hall–Kier alpha value is -1.36. The van der Waals surface area contributed by atoms with Crippen LogP contribution in [0.2, 0.25) is 0 Å². The van der Waals surface area contributed by atoms with Crippen molar-refractivity contribution in [2.45, 2.75) is 29.9 Å². The molecule has 0 bridgehead atoms. The zero-order valence-electron chi connectivity index (χ0n) is 11.7. The fourth-order valence-corrected chi connectivity index (χ4v) is 5.22. The number of carbonyl (C=O) groups excluding carboxylic acids is 1. The van der Waals surface area contributed by atoms with E-state index in [-0.39, 0.29) is 18.9 Å². The summed E-state index contributed by atoms with van der Waals surface area (Å²) in [6.45, 7) is 1.35. The van der Waals surface area contributed by atoms with E-state index in [0.717, 1.165) is 35.5 Å². The molecule has 1 aliphatic heterocycles. The molecule has 0 aromatic carbocycles. The number of thiophene rings is 1. The number of nitrogens with one attached hydrogen (secondary N) is 1. The van der Waals surface area contributed by atoms with Crippen molar-refractivity contribution in [3.05, 3.63) is 17.0 Å². The fraction of sp³-hybridized carbons (Fsp3) is 0.500. The van der Waals surface area contributed by atoms with Crippen LogP contribution in [0.4, 0.5) is 0 Å². The van der Waals surface area contributed by atoms with Gasteiger partial charge in [0.15, 0.2) is 0 Å². The van der Waals surface area contributed by atoms with Crippen molar-refractivity contribution in [1.82, 2.24) is 9.62 Å². The summed E-state index contributed by atoms with van der Waals surface area (Å²) in [6.07, 6.45) is 8.12. The molecule has 1 fully saturated rings. The predicted octanol–water partition coefficient (Wildman–Crippen LogP) is 1.21. The van der Waals surface area contributed by atoms with E-state index >= 15 is 0 Å². The van der Waals surface area contributed by atoms with E-state index in [9.17, 15) is 13.2 Å². The van der Waals surface area contributed by atoms with Crippen LogP contribution in [-0.4, -0.2) is 38.3 Å².